The summed E-state index contributed by atoms with van der Waals surface area (Å²) in [6.45, 7) is 0. The Balaban J connectivity index is 2.03. The molecular weight excluding hydrogens is 290 g/mol. The van der Waals surface area contributed by atoms with Gasteiger partial charge in [-0.3, -0.25) is 9.10 Å². The van der Waals surface area contributed by atoms with E-state index in [0.29, 0.717) is 16.9 Å². The highest BCUT2D eigenvalue weighted by molar-refractivity contribution is 7.89. The van der Waals surface area contributed by atoms with Crippen molar-refractivity contribution in [3.8, 4) is 5.75 Å². The average molecular weight is 305 g/mol. The van der Waals surface area contributed by atoms with E-state index < -0.39 is 16.1 Å². The van der Waals surface area contributed by atoms with Gasteiger partial charge in [0.15, 0.2) is 5.78 Å². The molecule has 0 fully saturated rings. The maximum absolute atomic E-state index is 12.3. The number of fused-ring (bicyclic) bond motifs is 1. The number of carbonyl (C=O) groups is 1. The predicted octanol–water partition coefficient (Wildman–Crippen LogP) is 1.58. The molecule has 1 atom stereocenters. The van der Waals surface area contributed by atoms with Crippen LogP contribution in [0.1, 0.15) is 12.0 Å². The van der Waals surface area contributed by atoms with Crippen LogP contribution in [-0.2, 0) is 14.8 Å². The third-order valence-electron chi connectivity index (χ3n) is 3.67. The van der Waals surface area contributed by atoms with E-state index in [2.05, 4.69) is 0 Å². The summed E-state index contributed by atoms with van der Waals surface area (Å²) in [6, 6.07) is 6.63. The van der Waals surface area contributed by atoms with Crippen molar-refractivity contribution in [1.29, 1.82) is 0 Å². The summed E-state index contributed by atoms with van der Waals surface area (Å²) in [5.41, 5.74) is 1.12. The van der Waals surface area contributed by atoms with E-state index in [1.807, 2.05) is 0 Å². The van der Waals surface area contributed by atoms with Crippen molar-refractivity contribution in [2.75, 3.05) is 12.9 Å². The standard InChI is InChI=1S/C15H15NO4S/c1-20-13-6-4-11(5-7-13)14-10-16-12(9-15(14)17)3-2-8-21(16,18)19/h2-7,10,12H,8-9H2,1H3. The number of benzene rings is 1. The first-order chi connectivity index (χ1) is 10.0. The zero-order valence-electron chi connectivity index (χ0n) is 11.5. The Labute approximate surface area is 123 Å². The Bertz CT molecular complexity index is 731. The predicted molar refractivity (Wildman–Crippen MR) is 79.1 cm³/mol. The van der Waals surface area contributed by atoms with Crippen LogP contribution in [0.25, 0.3) is 5.57 Å². The second-order valence-electron chi connectivity index (χ2n) is 5.00. The van der Waals surface area contributed by atoms with Crippen LogP contribution < -0.4 is 4.74 Å². The Morgan fingerprint density at radius 2 is 1.95 bits per heavy atom. The molecule has 0 aliphatic carbocycles. The molecule has 21 heavy (non-hydrogen) atoms. The van der Waals surface area contributed by atoms with Gasteiger partial charge in [-0.2, -0.15) is 0 Å². The number of ether oxygens (including phenoxy) is 1. The lowest BCUT2D eigenvalue weighted by molar-refractivity contribution is -0.114. The fourth-order valence-corrected chi connectivity index (χ4v) is 3.90. The van der Waals surface area contributed by atoms with Gasteiger partial charge in [0.1, 0.15) is 5.75 Å². The number of ketones is 1. The van der Waals surface area contributed by atoms with Crippen LogP contribution in [0.2, 0.25) is 0 Å². The van der Waals surface area contributed by atoms with Crippen LogP contribution in [0.5, 0.6) is 5.75 Å². The zero-order chi connectivity index (χ0) is 15.0. The lowest BCUT2D eigenvalue weighted by atomic mass is 9.94. The molecule has 0 amide bonds. The number of sulfonamides is 1. The maximum atomic E-state index is 12.3. The summed E-state index contributed by atoms with van der Waals surface area (Å²) in [4.78, 5) is 12.3. The summed E-state index contributed by atoms with van der Waals surface area (Å²) < 4.78 is 30.6. The molecule has 0 saturated carbocycles. The van der Waals surface area contributed by atoms with Gasteiger partial charge >= 0.3 is 0 Å². The van der Waals surface area contributed by atoms with Crippen LogP contribution >= 0.6 is 0 Å². The topological polar surface area (TPSA) is 63.7 Å². The number of rotatable bonds is 2. The van der Waals surface area contributed by atoms with Crippen LogP contribution in [0.4, 0.5) is 0 Å². The van der Waals surface area contributed by atoms with Gasteiger partial charge in [-0.05, 0) is 17.7 Å². The highest BCUT2D eigenvalue weighted by Crippen LogP contribution is 2.30. The number of Topliss-reactive ketones (excluding diaryl/α,β-unsaturated/α-hetero) is 1. The van der Waals surface area contributed by atoms with Crippen molar-refractivity contribution >= 4 is 21.4 Å². The molecule has 1 aromatic rings. The quantitative estimate of drug-likeness (QED) is 0.778. The first-order valence-corrected chi connectivity index (χ1v) is 8.19. The van der Waals surface area contributed by atoms with Crippen molar-refractivity contribution in [2.24, 2.45) is 0 Å². The zero-order valence-corrected chi connectivity index (χ0v) is 12.3. The molecule has 1 unspecified atom stereocenters. The third-order valence-corrected chi connectivity index (χ3v) is 5.30. The monoisotopic (exact) mass is 305 g/mol. The summed E-state index contributed by atoms with van der Waals surface area (Å²) in [6.07, 6.45) is 5.01. The van der Waals surface area contributed by atoms with Gasteiger partial charge in [-0.1, -0.05) is 24.3 Å². The normalized spacial score (nSPS) is 23.5. The Hall–Kier alpha value is -2.08. The summed E-state index contributed by atoms with van der Waals surface area (Å²) in [7, 11) is -1.80. The van der Waals surface area contributed by atoms with E-state index >= 15 is 0 Å². The molecule has 0 saturated heterocycles. The summed E-state index contributed by atoms with van der Waals surface area (Å²) in [5, 5.41) is 0. The molecule has 0 radical (unpaired) electrons. The number of methoxy groups -OCH3 is 1. The van der Waals surface area contributed by atoms with Crippen LogP contribution in [-0.4, -0.2) is 37.4 Å². The SMILES string of the molecule is COc1ccc(C2=CN3C(C=CCS3(=O)=O)CC2=O)cc1. The summed E-state index contributed by atoms with van der Waals surface area (Å²) >= 11 is 0. The molecular formula is C15H15NO4S. The summed E-state index contributed by atoms with van der Waals surface area (Å²) in [5.74, 6) is 0.613. The van der Waals surface area contributed by atoms with Crippen molar-refractivity contribution in [3.05, 3.63) is 48.2 Å². The van der Waals surface area contributed by atoms with Crippen LogP contribution in [0.15, 0.2) is 42.6 Å². The molecule has 110 valence electrons. The second kappa shape index (κ2) is 5.04. The maximum Gasteiger partial charge on any atom is 0.238 e. The lowest BCUT2D eigenvalue weighted by Crippen LogP contribution is -2.43. The first-order valence-electron chi connectivity index (χ1n) is 6.58. The van der Waals surface area contributed by atoms with E-state index in [1.165, 1.54) is 10.5 Å². The number of carbonyl (C=O) groups excluding carboxylic acids is 1. The molecule has 0 N–H and O–H groups in total. The van der Waals surface area contributed by atoms with Gasteiger partial charge in [0.05, 0.1) is 18.9 Å². The fraction of sp³-hybridized carbons (Fsp3) is 0.267. The van der Waals surface area contributed by atoms with Crippen molar-refractivity contribution < 1.29 is 17.9 Å². The highest BCUT2D eigenvalue weighted by atomic mass is 32.2. The van der Waals surface area contributed by atoms with Crippen LogP contribution in [0.3, 0.4) is 0 Å². The lowest BCUT2D eigenvalue weighted by Gasteiger charge is -2.34. The highest BCUT2D eigenvalue weighted by Gasteiger charge is 2.35. The minimum absolute atomic E-state index is 0.0237. The Morgan fingerprint density at radius 1 is 1.24 bits per heavy atom. The van der Waals surface area contributed by atoms with Gasteiger partial charge in [0.2, 0.25) is 10.0 Å². The van der Waals surface area contributed by atoms with Crippen molar-refractivity contribution in [1.82, 2.24) is 4.31 Å². The van der Waals surface area contributed by atoms with E-state index in [0.717, 1.165) is 0 Å². The molecule has 0 bridgehead atoms. The molecule has 2 aliphatic heterocycles. The Kier molecular flexibility index (Phi) is 3.33. The van der Waals surface area contributed by atoms with Gasteiger partial charge < -0.3 is 4.74 Å². The number of allylic oxidation sites excluding steroid dienone is 1. The smallest absolute Gasteiger partial charge is 0.238 e. The molecule has 5 nitrogen and oxygen atoms in total. The molecule has 1 aromatic carbocycles. The number of hydrogen-bond acceptors (Lipinski definition) is 4. The number of hydrogen-bond donors (Lipinski definition) is 0. The number of nitrogens with zero attached hydrogens (tertiary/aromatic N) is 1. The van der Waals surface area contributed by atoms with E-state index in [9.17, 15) is 13.2 Å². The second-order valence-corrected chi connectivity index (χ2v) is 6.92. The van der Waals surface area contributed by atoms with Crippen molar-refractivity contribution in [3.63, 3.8) is 0 Å². The van der Waals surface area contributed by atoms with Gasteiger partial charge in [0.25, 0.3) is 0 Å². The third kappa shape index (κ3) is 2.47. The van der Waals surface area contributed by atoms with Crippen LogP contribution in [0, 0.1) is 0 Å². The minimum atomic E-state index is -3.37. The molecule has 3 rings (SSSR count). The first kappa shape index (κ1) is 13.9. The molecule has 2 heterocycles. The van der Waals surface area contributed by atoms with E-state index in [1.54, 1.807) is 43.5 Å². The molecule has 2 aliphatic rings. The fourth-order valence-electron chi connectivity index (χ4n) is 2.55. The largest absolute Gasteiger partial charge is 0.497 e. The van der Waals surface area contributed by atoms with Crippen molar-refractivity contribution in [2.45, 2.75) is 12.5 Å². The van der Waals surface area contributed by atoms with Gasteiger partial charge in [-0.25, -0.2) is 8.42 Å². The molecule has 6 heteroatoms. The average Bonchev–Trinajstić information content (AvgIpc) is 2.46. The Morgan fingerprint density at radius 3 is 2.62 bits per heavy atom. The van der Waals surface area contributed by atoms with Gasteiger partial charge in [-0.15, -0.1) is 0 Å². The minimum Gasteiger partial charge on any atom is -0.497 e. The molecule has 0 aromatic heterocycles. The molecule has 0 spiro atoms. The van der Waals surface area contributed by atoms with E-state index in [4.69, 9.17) is 4.74 Å². The van der Waals surface area contributed by atoms with Gasteiger partial charge in [0, 0.05) is 18.2 Å². The van der Waals surface area contributed by atoms with E-state index in [-0.39, 0.29) is 18.0 Å².